The fraction of sp³-hybridized carbons (Fsp3) is 0.643. The zero-order valence-corrected chi connectivity index (χ0v) is 11.6. The summed E-state index contributed by atoms with van der Waals surface area (Å²) in [4.78, 5) is 4.32. The molecular weight excluding hydrogens is 212 g/mol. The van der Waals surface area contributed by atoms with Crippen LogP contribution in [0.15, 0.2) is 12.3 Å². The van der Waals surface area contributed by atoms with E-state index in [0.29, 0.717) is 5.92 Å². The molecular formula is C14H24N2O. The summed E-state index contributed by atoms with van der Waals surface area (Å²) in [6, 6.07) is 2.02. The third-order valence-electron chi connectivity index (χ3n) is 2.90. The summed E-state index contributed by atoms with van der Waals surface area (Å²) in [6.45, 7) is 12.3. The van der Waals surface area contributed by atoms with Gasteiger partial charge in [-0.2, -0.15) is 0 Å². The quantitative estimate of drug-likeness (QED) is 0.824. The predicted molar refractivity (Wildman–Crippen MR) is 71.3 cm³/mol. The largest absolute Gasteiger partial charge is 0.490 e. The van der Waals surface area contributed by atoms with E-state index in [1.165, 1.54) is 0 Å². The highest BCUT2D eigenvalue weighted by molar-refractivity contribution is 5.33. The van der Waals surface area contributed by atoms with Crippen LogP contribution in [-0.2, 0) is 6.54 Å². The molecule has 1 N–H and O–H groups in total. The van der Waals surface area contributed by atoms with Crippen molar-refractivity contribution in [1.82, 2.24) is 10.3 Å². The topological polar surface area (TPSA) is 34.2 Å². The molecule has 0 fully saturated rings. The Bertz CT molecular complexity index is 350. The molecule has 0 radical (unpaired) electrons. The molecule has 3 heteroatoms. The van der Waals surface area contributed by atoms with Crippen molar-refractivity contribution in [3.8, 4) is 5.75 Å². The number of hydrogen-bond acceptors (Lipinski definition) is 3. The maximum Gasteiger partial charge on any atom is 0.127 e. The molecule has 0 aliphatic carbocycles. The number of pyridine rings is 1. The van der Waals surface area contributed by atoms with E-state index in [2.05, 4.69) is 38.0 Å². The van der Waals surface area contributed by atoms with Gasteiger partial charge >= 0.3 is 0 Å². The molecule has 0 spiro atoms. The first kappa shape index (κ1) is 14.0. The molecule has 0 saturated heterocycles. The highest BCUT2D eigenvalue weighted by atomic mass is 16.5. The Labute approximate surface area is 105 Å². The fourth-order valence-corrected chi connectivity index (χ4v) is 1.40. The molecule has 0 aliphatic rings. The second kappa shape index (κ2) is 6.60. The van der Waals surface area contributed by atoms with Gasteiger partial charge in [-0.1, -0.05) is 20.8 Å². The van der Waals surface area contributed by atoms with E-state index in [1.54, 1.807) is 0 Å². The maximum atomic E-state index is 6.00. The Balaban J connectivity index is 2.82. The van der Waals surface area contributed by atoms with Gasteiger partial charge in [-0.3, -0.25) is 4.98 Å². The summed E-state index contributed by atoms with van der Waals surface area (Å²) in [6.07, 6.45) is 2.12. The molecule has 0 saturated carbocycles. The standard InChI is InChI=1S/C14H24N2O/c1-6-15-8-13-9-16-11(4)7-14(13)17-12(5)10(2)3/h7,9-10,12,15H,6,8H2,1-5H3. The van der Waals surface area contributed by atoms with E-state index < -0.39 is 0 Å². The SMILES string of the molecule is CCNCc1cnc(C)cc1OC(C)C(C)C. The van der Waals surface area contributed by atoms with E-state index >= 15 is 0 Å². The van der Waals surface area contributed by atoms with Crippen molar-refractivity contribution in [3.63, 3.8) is 0 Å². The van der Waals surface area contributed by atoms with E-state index in [9.17, 15) is 0 Å². The number of nitrogens with one attached hydrogen (secondary N) is 1. The highest BCUT2D eigenvalue weighted by Gasteiger charge is 2.12. The summed E-state index contributed by atoms with van der Waals surface area (Å²) >= 11 is 0. The molecule has 1 heterocycles. The maximum absolute atomic E-state index is 6.00. The molecule has 1 unspecified atom stereocenters. The smallest absolute Gasteiger partial charge is 0.127 e. The van der Waals surface area contributed by atoms with Gasteiger partial charge in [-0.25, -0.2) is 0 Å². The van der Waals surface area contributed by atoms with Gasteiger partial charge in [-0.05, 0) is 26.3 Å². The minimum absolute atomic E-state index is 0.220. The number of rotatable bonds is 6. The second-order valence-electron chi connectivity index (χ2n) is 4.78. The third-order valence-corrected chi connectivity index (χ3v) is 2.90. The molecule has 1 aromatic heterocycles. The van der Waals surface area contributed by atoms with Crippen LogP contribution in [0.4, 0.5) is 0 Å². The van der Waals surface area contributed by atoms with Crippen molar-refractivity contribution in [3.05, 3.63) is 23.5 Å². The van der Waals surface area contributed by atoms with E-state index in [4.69, 9.17) is 4.74 Å². The number of aryl methyl sites for hydroxylation is 1. The molecule has 17 heavy (non-hydrogen) atoms. The van der Waals surface area contributed by atoms with Crippen LogP contribution in [0.2, 0.25) is 0 Å². The normalized spacial score (nSPS) is 12.8. The number of ether oxygens (including phenoxy) is 1. The molecule has 1 atom stereocenters. The van der Waals surface area contributed by atoms with Gasteiger partial charge in [0.15, 0.2) is 0 Å². The molecule has 96 valence electrons. The molecule has 0 aliphatic heterocycles. The van der Waals surface area contributed by atoms with Gasteiger partial charge in [-0.15, -0.1) is 0 Å². The molecule has 3 nitrogen and oxygen atoms in total. The molecule has 0 bridgehead atoms. The summed E-state index contributed by atoms with van der Waals surface area (Å²) in [5.41, 5.74) is 2.13. The lowest BCUT2D eigenvalue weighted by Crippen LogP contribution is -2.21. The molecule has 1 rings (SSSR count). The first-order chi connectivity index (χ1) is 8.04. The van der Waals surface area contributed by atoms with E-state index in [1.807, 2.05) is 19.2 Å². The van der Waals surface area contributed by atoms with Crippen LogP contribution in [0.25, 0.3) is 0 Å². The summed E-state index contributed by atoms with van der Waals surface area (Å²) in [7, 11) is 0. The lowest BCUT2D eigenvalue weighted by Gasteiger charge is -2.20. The first-order valence-electron chi connectivity index (χ1n) is 6.37. The van der Waals surface area contributed by atoms with Gasteiger partial charge in [0, 0.05) is 30.1 Å². The zero-order valence-electron chi connectivity index (χ0n) is 11.6. The Hall–Kier alpha value is -1.09. The van der Waals surface area contributed by atoms with Crippen LogP contribution in [0.5, 0.6) is 5.75 Å². The van der Waals surface area contributed by atoms with Gasteiger partial charge in [0.25, 0.3) is 0 Å². The van der Waals surface area contributed by atoms with Gasteiger partial charge < -0.3 is 10.1 Å². The van der Waals surface area contributed by atoms with Crippen molar-refractivity contribution < 1.29 is 4.74 Å². The van der Waals surface area contributed by atoms with Crippen LogP contribution in [0.1, 0.15) is 39.0 Å². The summed E-state index contributed by atoms with van der Waals surface area (Å²) < 4.78 is 6.00. The van der Waals surface area contributed by atoms with Crippen LogP contribution in [-0.4, -0.2) is 17.6 Å². The number of nitrogens with zero attached hydrogens (tertiary/aromatic N) is 1. The minimum Gasteiger partial charge on any atom is -0.490 e. The summed E-state index contributed by atoms with van der Waals surface area (Å²) in [5.74, 6) is 1.47. The van der Waals surface area contributed by atoms with Crippen molar-refractivity contribution in [2.75, 3.05) is 6.54 Å². The van der Waals surface area contributed by atoms with E-state index in [-0.39, 0.29) is 6.10 Å². The van der Waals surface area contributed by atoms with Gasteiger partial charge in [0.05, 0.1) is 6.10 Å². The molecule has 0 aromatic carbocycles. The Morgan fingerprint density at radius 2 is 2.06 bits per heavy atom. The monoisotopic (exact) mass is 236 g/mol. The Kier molecular flexibility index (Phi) is 5.42. The average molecular weight is 236 g/mol. The van der Waals surface area contributed by atoms with Gasteiger partial charge in [0.1, 0.15) is 5.75 Å². The Morgan fingerprint density at radius 3 is 2.65 bits per heavy atom. The highest BCUT2D eigenvalue weighted by Crippen LogP contribution is 2.21. The minimum atomic E-state index is 0.220. The lowest BCUT2D eigenvalue weighted by molar-refractivity contribution is 0.168. The van der Waals surface area contributed by atoms with Crippen molar-refractivity contribution in [1.29, 1.82) is 0 Å². The van der Waals surface area contributed by atoms with Crippen LogP contribution in [0.3, 0.4) is 0 Å². The third kappa shape index (κ3) is 4.35. The van der Waals surface area contributed by atoms with Crippen LogP contribution in [0, 0.1) is 12.8 Å². The number of aromatic nitrogens is 1. The predicted octanol–water partition coefficient (Wildman–Crippen LogP) is 2.92. The zero-order chi connectivity index (χ0) is 12.8. The van der Waals surface area contributed by atoms with Crippen molar-refractivity contribution in [2.45, 2.75) is 47.3 Å². The molecule has 0 amide bonds. The second-order valence-corrected chi connectivity index (χ2v) is 4.78. The van der Waals surface area contributed by atoms with Crippen LogP contribution >= 0.6 is 0 Å². The van der Waals surface area contributed by atoms with Crippen LogP contribution < -0.4 is 10.1 Å². The Morgan fingerprint density at radius 1 is 1.35 bits per heavy atom. The first-order valence-corrected chi connectivity index (χ1v) is 6.37. The van der Waals surface area contributed by atoms with Crippen molar-refractivity contribution in [2.24, 2.45) is 5.92 Å². The van der Waals surface area contributed by atoms with Crippen molar-refractivity contribution >= 4 is 0 Å². The van der Waals surface area contributed by atoms with Gasteiger partial charge in [0.2, 0.25) is 0 Å². The van der Waals surface area contributed by atoms with E-state index in [0.717, 1.165) is 30.1 Å². The summed E-state index contributed by atoms with van der Waals surface area (Å²) in [5, 5.41) is 3.31. The average Bonchev–Trinajstić information content (AvgIpc) is 2.28. The lowest BCUT2D eigenvalue weighted by atomic mass is 10.1. The number of hydrogen-bond donors (Lipinski definition) is 1. The fourth-order valence-electron chi connectivity index (χ4n) is 1.40. The molecule has 1 aromatic rings.